The normalized spacial score (nSPS) is 17.8. The SMILES string of the molecule is Cc1cccc(C2CC(=O)c3ccc(F)cc3O2)c1. The Kier molecular flexibility index (Phi) is 2.82. The number of rotatable bonds is 1. The van der Waals surface area contributed by atoms with Crippen molar-refractivity contribution in [3.63, 3.8) is 0 Å². The lowest BCUT2D eigenvalue weighted by Crippen LogP contribution is -2.20. The zero-order valence-electron chi connectivity index (χ0n) is 10.5. The minimum Gasteiger partial charge on any atom is -0.484 e. The van der Waals surface area contributed by atoms with Gasteiger partial charge in [-0.25, -0.2) is 4.39 Å². The maximum absolute atomic E-state index is 13.2. The van der Waals surface area contributed by atoms with Crippen molar-refractivity contribution in [1.82, 2.24) is 0 Å². The average molecular weight is 256 g/mol. The van der Waals surface area contributed by atoms with Gasteiger partial charge in [-0.2, -0.15) is 0 Å². The molecule has 0 saturated heterocycles. The van der Waals surface area contributed by atoms with Crippen molar-refractivity contribution < 1.29 is 13.9 Å². The highest BCUT2D eigenvalue weighted by Gasteiger charge is 2.27. The minimum atomic E-state index is -0.392. The molecule has 0 saturated carbocycles. The number of carbonyl (C=O) groups excluding carboxylic acids is 1. The fourth-order valence-electron chi connectivity index (χ4n) is 2.35. The number of fused-ring (bicyclic) bond motifs is 1. The number of ether oxygens (including phenoxy) is 1. The van der Waals surface area contributed by atoms with Gasteiger partial charge in [0.1, 0.15) is 17.7 Å². The zero-order valence-corrected chi connectivity index (χ0v) is 10.5. The Balaban J connectivity index is 1.98. The first-order valence-corrected chi connectivity index (χ1v) is 6.19. The van der Waals surface area contributed by atoms with Gasteiger partial charge in [-0.05, 0) is 24.6 Å². The van der Waals surface area contributed by atoms with Gasteiger partial charge in [0.25, 0.3) is 0 Å². The molecule has 0 spiro atoms. The molecule has 3 rings (SSSR count). The third-order valence-corrected chi connectivity index (χ3v) is 3.30. The highest BCUT2D eigenvalue weighted by Crippen LogP contribution is 2.35. The molecular formula is C16H13FO2. The maximum atomic E-state index is 13.2. The first-order chi connectivity index (χ1) is 9.13. The summed E-state index contributed by atoms with van der Waals surface area (Å²) in [6, 6.07) is 11.9. The van der Waals surface area contributed by atoms with Crippen LogP contribution in [0.5, 0.6) is 5.75 Å². The lowest BCUT2D eigenvalue weighted by molar-refractivity contribution is 0.0849. The van der Waals surface area contributed by atoms with Gasteiger partial charge >= 0.3 is 0 Å². The van der Waals surface area contributed by atoms with Crippen molar-refractivity contribution >= 4 is 5.78 Å². The molecule has 0 radical (unpaired) electrons. The standard InChI is InChI=1S/C16H13FO2/c1-10-3-2-4-11(7-10)15-9-14(18)13-6-5-12(17)8-16(13)19-15/h2-8,15H,9H2,1H3. The van der Waals surface area contributed by atoms with Crippen LogP contribution in [0.2, 0.25) is 0 Å². The summed E-state index contributed by atoms with van der Waals surface area (Å²) in [6.07, 6.45) is -0.0380. The molecule has 1 aliphatic rings. The molecule has 0 aliphatic carbocycles. The van der Waals surface area contributed by atoms with E-state index < -0.39 is 5.82 Å². The van der Waals surface area contributed by atoms with Crippen LogP contribution >= 0.6 is 0 Å². The third-order valence-electron chi connectivity index (χ3n) is 3.30. The number of ketones is 1. The van der Waals surface area contributed by atoms with Gasteiger partial charge in [0.2, 0.25) is 0 Å². The first kappa shape index (κ1) is 11.9. The van der Waals surface area contributed by atoms with Crippen LogP contribution in [0.25, 0.3) is 0 Å². The average Bonchev–Trinajstić information content (AvgIpc) is 2.38. The van der Waals surface area contributed by atoms with E-state index in [9.17, 15) is 9.18 Å². The molecular weight excluding hydrogens is 243 g/mol. The molecule has 96 valence electrons. The van der Waals surface area contributed by atoms with E-state index in [1.165, 1.54) is 18.2 Å². The van der Waals surface area contributed by atoms with Crippen molar-refractivity contribution in [3.05, 3.63) is 65.0 Å². The smallest absolute Gasteiger partial charge is 0.170 e. The van der Waals surface area contributed by atoms with Crippen LogP contribution in [0.3, 0.4) is 0 Å². The van der Waals surface area contributed by atoms with E-state index in [0.29, 0.717) is 17.7 Å². The lowest BCUT2D eigenvalue weighted by Gasteiger charge is -2.25. The zero-order chi connectivity index (χ0) is 13.4. The van der Waals surface area contributed by atoms with E-state index in [0.717, 1.165) is 11.1 Å². The van der Waals surface area contributed by atoms with Gasteiger partial charge in [-0.15, -0.1) is 0 Å². The summed E-state index contributed by atoms with van der Waals surface area (Å²) in [6.45, 7) is 1.99. The van der Waals surface area contributed by atoms with E-state index in [1.807, 2.05) is 31.2 Å². The van der Waals surface area contributed by atoms with Crippen LogP contribution < -0.4 is 4.74 Å². The van der Waals surface area contributed by atoms with E-state index in [2.05, 4.69) is 0 Å². The van der Waals surface area contributed by atoms with E-state index in [-0.39, 0.29) is 11.9 Å². The fourth-order valence-corrected chi connectivity index (χ4v) is 2.35. The predicted octanol–water partition coefficient (Wildman–Crippen LogP) is 3.84. The van der Waals surface area contributed by atoms with E-state index in [1.54, 1.807) is 0 Å². The second-order valence-electron chi connectivity index (χ2n) is 4.79. The van der Waals surface area contributed by atoms with Gasteiger partial charge in [0.15, 0.2) is 5.78 Å². The molecule has 0 aromatic heterocycles. The minimum absolute atomic E-state index is 0.00671. The summed E-state index contributed by atoms with van der Waals surface area (Å²) >= 11 is 0. The molecule has 0 amide bonds. The Morgan fingerprint density at radius 2 is 2.05 bits per heavy atom. The highest BCUT2D eigenvalue weighted by molar-refractivity contribution is 6.00. The van der Waals surface area contributed by atoms with Crippen molar-refractivity contribution in [2.45, 2.75) is 19.4 Å². The van der Waals surface area contributed by atoms with Gasteiger partial charge < -0.3 is 4.74 Å². The van der Waals surface area contributed by atoms with Crippen molar-refractivity contribution in [2.75, 3.05) is 0 Å². The second kappa shape index (κ2) is 4.50. The third kappa shape index (κ3) is 2.24. The quantitative estimate of drug-likeness (QED) is 0.774. The van der Waals surface area contributed by atoms with E-state index in [4.69, 9.17) is 4.74 Å². The lowest BCUT2D eigenvalue weighted by atomic mass is 9.95. The Labute approximate surface area is 110 Å². The topological polar surface area (TPSA) is 26.3 Å². The molecule has 0 bridgehead atoms. The largest absolute Gasteiger partial charge is 0.484 e. The van der Waals surface area contributed by atoms with E-state index >= 15 is 0 Å². The van der Waals surface area contributed by atoms with Crippen LogP contribution in [0.1, 0.15) is 34.0 Å². The summed E-state index contributed by atoms with van der Waals surface area (Å²) in [5.74, 6) is -0.0630. The van der Waals surface area contributed by atoms with Crippen molar-refractivity contribution in [3.8, 4) is 5.75 Å². The summed E-state index contributed by atoms with van der Waals surface area (Å²) in [7, 11) is 0. The Morgan fingerprint density at radius 1 is 1.21 bits per heavy atom. The molecule has 0 fully saturated rings. The van der Waals surface area contributed by atoms with Crippen LogP contribution in [-0.2, 0) is 0 Å². The van der Waals surface area contributed by atoms with Crippen molar-refractivity contribution in [2.24, 2.45) is 0 Å². The van der Waals surface area contributed by atoms with Crippen LogP contribution in [0.15, 0.2) is 42.5 Å². The Hall–Kier alpha value is -2.16. The van der Waals surface area contributed by atoms with Gasteiger partial charge in [-0.1, -0.05) is 29.8 Å². The molecule has 3 heteroatoms. The summed E-state index contributed by atoms with van der Waals surface area (Å²) in [5, 5.41) is 0. The summed E-state index contributed by atoms with van der Waals surface area (Å²) < 4.78 is 19.0. The Bertz CT molecular complexity index is 649. The number of hydrogen-bond acceptors (Lipinski definition) is 2. The van der Waals surface area contributed by atoms with Crippen LogP contribution in [0, 0.1) is 12.7 Å². The number of aryl methyl sites for hydroxylation is 1. The van der Waals surface area contributed by atoms with Crippen LogP contribution in [-0.4, -0.2) is 5.78 Å². The van der Waals surface area contributed by atoms with Gasteiger partial charge in [0, 0.05) is 6.07 Å². The number of Topliss-reactive ketones (excluding diaryl/α,β-unsaturated/α-hetero) is 1. The molecule has 1 aliphatic heterocycles. The molecule has 0 N–H and O–H groups in total. The molecule has 19 heavy (non-hydrogen) atoms. The highest BCUT2D eigenvalue weighted by atomic mass is 19.1. The number of benzene rings is 2. The maximum Gasteiger partial charge on any atom is 0.170 e. The van der Waals surface area contributed by atoms with Crippen molar-refractivity contribution in [1.29, 1.82) is 0 Å². The molecule has 2 nitrogen and oxygen atoms in total. The monoisotopic (exact) mass is 256 g/mol. The van der Waals surface area contributed by atoms with Gasteiger partial charge in [-0.3, -0.25) is 4.79 Å². The molecule has 1 unspecified atom stereocenters. The Morgan fingerprint density at radius 3 is 2.84 bits per heavy atom. The molecule has 1 atom stereocenters. The van der Waals surface area contributed by atoms with Crippen LogP contribution in [0.4, 0.5) is 4.39 Å². The number of halogens is 1. The molecule has 2 aromatic carbocycles. The first-order valence-electron chi connectivity index (χ1n) is 6.19. The fraction of sp³-hybridized carbons (Fsp3) is 0.188. The molecule has 1 heterocycles. The number of carbonyl (C=O) groups is 1. The van der Waals surface area contributed by atoms with Gasteiger partial charge in [0.05, 0.1) is 12.0 Å². The summed E-state index contributed by atoms with van der Waals surface area (Å²) in [4.78, 5) is 12.1. The molecule has 2 aromatic rings. The second-order valence-corrected chi connectivity index (χ2v) is 4.79. The number of hydrogen-bond donors (Lipinski definition) is 0. The predicted molar refractivity (Wildman–Crippen MR) is 69.9 cm³/mol. The summed E-state index contributed by atoms with van der Waals surface area (Å²) in [5.41, 5.74) is 2.52.